The molecule has 1 amide bonds. The standard InChI is InChI=1S/C22H18F3NO3/c1-14-11-19(9-10-20(14)27)29-18-4-2-3-16(12-18)21(28)26-13-15-5-7-17(8-6-15)22(23,24)25/h2-12,27H,13H2,1H3,(H,26,28). The first kappa shape index (κ1) is 20.3. The molecular weight excluding hydrogens is 383 g/mol. The third-order valence-corrected chi connectivity index (χ3v) is 4.23. The third kappa shape index (κ3) is 5.28. The lowest BCUT2D eigenvalue weighted by atomic mass is 10.1. The predicted octanol–water partition coefficient (Wildman–Crippen LogP) is 5.44. The van der Waals surface area contributed by atoms with Crippen LogP contribution in [0.3, 0.4) is 0 Å². The SMILES string of the molecule is Cc1cc(Oc2cccc(C(=O)NCc3ccc(C(F)(F)F)cc3)c2)ccc1O. The Morgan fingerprint density at radius 2 is 1.69 bits per heavy atom. The molecule has 0 aliphatic heterocycles. The highest BCUT2D eigenvalue weighted by molar-refractivity contribution is 5.94. The number of hydrogen-bond acceptors (Lipinski definition) is 3. The smallest absolute Gasteiger partial charge is 0.416 e. The molecule has 3 rings (SSSR count). The van der Waals surface area contributed by atoms with E-state index < -0.39 is 11.7 Å². The number of benzene rings is 3. The van der Waals surface area contributed by atoms with Gasteiger partial charge in [-0.3, -0.25) is 4.79 Å². The molecule has 0 radical (unpaired) electrons. The molecule has 2 N–H and O–H groups in total. The van der Waals surface area contributed by atoms with Crippen LogP contribution in [0, 0.1) is 6.92 Å². The number of carbonyl (C=O) groups is 1. The van der Waals surface area contributed by atoms with Crippen molar-refractivity contribution in [3.05, 3.63) is 89.0 Å². The van der Waals surface area contributed by atoms with Gasteiger partial charge in [-0.05, 0) is 66.6 Å². The highest BCUT2D eigenvalue weighted by Gasteiger charge is 2.29. The van der Waals surface area contributed by atoms with E-state index in [-0.39, 0.29) is 18.2 Å². The normalized spacial score (nSPS) is 11.2. The Kier molecular flexibility index (Phi) is 5.77. The van der Waals surface area contributed by atoms with E-state index in [0.717, 1.165) is 12.1 Å². The van der Waals surface area contributed by atoms with Gasteiger partial charge < -0.3 is 15.2 Å². The molecule has 29 heavy (non-hydrogen) atoms. The van der Waals surface area contributed by atoms with Crippen molar-refractivity contribution in [1.82, 2.24) is 5.32 Å². The average molecular weight is 401 g/mol. The number of aromatic hydroxyl groups is 1. The van der Waals surface area contributed by atoms with Crippen LogP contribution in [0.2, 0.25) is 0 Å². The van der Waals surface area contributed by atoms with Gasteiger partial charge in [-0.15, -0.1) is 0 Å². The summed E-state index contributed by atoms with van der Waals surface area (Å²) in [5.41, 5.74) is 0.832. The van der Waals surface area contributed by atoms with Crippen LogP contribution in [0.15, 0.2) is 66.7 Å². The zero-order valence-electron chi connectivity index (χ0n) is 15.5. The van der Waals surface area contributed by atoms with Gasteiger partial charge in [0.25, 0.3) is 5.91 Å². The lowest BCUT2D eigenvalue weighted by Gasteiger charge is -2.10. The van der Waals surface area contributed by atoms with E-state index in [1.165, 1.54) is 18.2 Å². The molecule has 3 aromatic rings. The minimum atomic E-state index is -4.39. The first-order chi connectivity index (χ1) is 13.7. The molecule has 0 spiro atoms. The van der Waals surface area contributed by atoms with Gasteiger partial charge in [0.15, 0.2) is 0 Å². The Hall–Kier alpha value is -3.48. The maximum atomic E-state index is 12.6. The van der Waals surface area contributed by atoms with Crippen molar-refractivity contribution in [2.75, 3.05) is 0 Å². The van der Waals surface area contributed by atoms with Gasteiger partial charge in [0.05, 0.1) is 5.56 Å². The zero-order valence-corrected chi connectivity index (χ0v) is 15.5. The molecule has 0 aliphatic carbocycles. The Morgan fingerprint density at radius 3 is 2.34 bits per heavy atom. The number of carbonyl (C=O) groups excluding carboxylic acids is 1. The number of ether oxygens (including phenoxy) is 1. The fraction of sp³-hybridized carbons (Fsp3) is 0.136. The summed E-state index contributed by atoms with van der Waals surface area (Å²) in [6.07, 6.45) is -4.39. The van der Waals surface area contributed by atoms with E-state index in [9.17, 15) is 23.1 Å². The zero-order chi connectivity index (χ0) is 21.0. The number of phenols is 1. The molecule has 0 fully saturated rings. The maximum absolute atomic E-state index is 12.6. The topological polar surface area (TPSA) is 58.6 Å². The molecule has 0 atom stereocenters. The van der Waals surface area contributed by atoms with E-state index in [4.69, 9.17) is 4.74 Å². The fourth-order valence-electron chi connectivity index (χ4n) is 2.62. The van der Waals surface area contributed by atoms with E-state index in [1.54, 1.807) is 43.3 Å². The largest absolute Gasteiger partial charge is 0.508 e. The third-order valence-electron chi connectivity index (χ3n) is 4.23. The van der Waals surface area contributed by atoms with E-state index in [2.05, 4.69) is 5.32 Å². The van der Waals surface area contributed by atoms with Gasteiger partial charge in [0.1, 0.15) is 17.2 Å². The fourth-order valence-corrected chi connectivity index (χ4v) is 2.62. The highest BCUT2D eigenvalue weighted by atomic mass is 19.4. The van der Waals surface area contributed by atoms with E-state index in [1.807, 2.05) is 0 Å². The van der Waals surface area contributed by atoms with E-state index >= 15 is 0 Å². The van der Waals surface area contributed by atoms with Crippen molar-refractivity contribution >= 4 is 5.91 Å². The van der Waals surface area contributed by atoms with Gasteiger partial charge in [-0.1, -0.05) is 18.2 Å². The first-order valence-electron chi connectivity index (χ1n) is 8.74. The van der Waals surface area contributed by atoms with Gasteiger partial charge in [-0.25, -0.2) is 0 Å². The molecule has 0 saturated carbocycles. The molecule has 150 valence electrons. The summed E-state index contributed by atoms with van der Waals surface area (Å²) in [6, 6.07) is 15.9. The predicted molar refractivity (Wildman–Crippen MR) is 102 cm³/mol. The lowest BCUT2D eigenvalue weighted by molar-refractivity contribution is -0.137. The molecule has 7 heteroatoms. The van der Waals surface area contributed by atoms with Crippen molar-refractivity contribution < 1.29 is 27.8 Å². The minimum Gasteiger partial charge on any atom is -0.508 e. The number of phenolic OH excluding ortho intramolecular Hbond substituents is 1. The first-order valence-corrected chi connectivity index (χ1v) is 8.74. The molecule has 0 bridgehead atoms. The Morgan fingerprint density at radius 1 is 1.00 bits per heavy atom. The Bertz CT molecular complexity index is 1010. The molecule has 0 aromatic heterocycles. The number of alkyl halides is 3. The van der Waals surface area contributed by atoms with Crippen LogP contribution in [0.5, 0.6) is 17.2 Å². The van der Waals surface area contributed by atoms with Crippen molar-refractivity contribution in [2.24, 2.45) is 0 Å². The molecule has 0 saturated heterocycles. The Labute approximate surface area is 165 Å². The van der Waals surface area contributed by atoms with Crippen LogP contribution in [0.4, 0.5) is 13.2 Å². The minimum absolute atomic E-state index is 0.0964. The van der Waals surface area contributed by atoms with Crippen LogP contribution >= 0.6 is 0 Å². The summed E-state index contributed by atoms with van der Waals surface area (Å²) in [6.45, 7) is 1.84. The van der Waals surface area contributed by atoms with Crippen LogP contribution in [0.1, 0.15) is 27.0 Å². The molecule has 0 heterocycles. The van der Waals surface area contributed by atoms with Gasteiger partial charge in [0, 0.05) is 12.1 Å². The summed E-state index contributed by atoms with van der Waals surface area (Å²) in [5, 5.41) is 12.2. The van der Waals surface area contributed by atoms with E-state index in [0.29, 0.717) is 28.2 Å². The van der Waals surface area contributed by atoms with Crippen LogP contribution < -0.4 is 10.1 Å². The lowest BCUT2D eigenvalue weighted by Crippen LogP contribution is -2.22. The summed E-state index contributed by atoms with van der Waals surface area (Å²) in [5.74, 6) is 0.742. The number of halogens is 3. The number of hydrogen-bond donors (Lipinski definition) is 2. The number of amides is 1. The quantitative estimate of drug-likeness (QED) is 0.598. The molecule has 0 unspecified atom stereocenters. The second-order valence-corrected chi connectivity index (χ2v) is 6.46. The summed E-state index contributed by atoms with van der Waals surface area (Å²) < 4.78 is 43.5. The second-order valence-electron chi connectivity index (χ2n) is 6.46. The van der Waals surface area contributed by atoms with Gasteiger partial charge in [-0.2, -0.15) is 13.2 Å². The van der Waals surface area contributed by atoms with Crippen molar-refractivity contribution in [3.8, 4) is 17.2 Å². The monoisotopic (exact) mass is 401 g/mol. The average Bonchev–Trinajstić information content (AvgIpc) is 2.69. The van der Waals surface area contributed by atoms with Crippen molar-refractivity contribution in [1.29, 1.82) is 0 Å². The van der Waals surface area contributed by atoms with Gasteiger partial charge >= 0.3 is 6.18 Å². The number of aryl methyl sites for hydroxylation is 1. The summed E-state index contributed by atoms with van der Waals surface area (Å²) in [4.78, 5) is 12.4. The van der Waals surface area contributed by atoms with Crippen LogP contribution in [-0.4, -0.2) is 11.0 Å². The van der Waals surface area contributed by atoms with Crippen molar-refractivity contribution in [3.63, 3.8) is 0 Å². The van der Waals surface area contributed by atoms with Crippen molar-refractivity contribution in [2.45, 2.75) is 19.6 Å². The number of rotatable bonds is 5. The molecule has 0 aliphatic rings. The van der Waals surface area contributed by atoms with Gasteiger partial charge in [0.2, 0.25) is 0 Å². The molecule has 4 nitrogen and oxygen atoms in total. The van der Waals surface area contributed by atoms with Crippen LogP contribution in [0.25, 0.3) is 0 Å². The molecular formula is C22H18F3NO3. The summed E-state index contributed by atoms with van der Waals surface area (Å²) >= 11 is 0. The van der Waals surface area contributed by atoms with Crippen LogP contribution in [-0.2, 0) is 12.7 Å². The second kappa shape index (κ2) is 8.26. The molecule has 3 aromatic carbocycles. The summed E-state index contributed by atoms with van der Waals surface area (Å²) in [7, 11) is 0. The highest BCUT2D eigenvalue weighted by Crippen LogP contribution is 2.29. The number of nitrogens with one attached hydrogen (secondary N) is 1. The maximum Gasteiger partial charge on any atom is 0.416 e. The Balaban J connectivity index is 1.64.